The lowest BCUT2D eigenvalue weighted by molar-refractivity contribution is -0.107. The van der Waals surface area contributed by atoms with Crippen LogP contribution in [-0.4, -0.2) is 67.1 Å². The van der Waals surface area contributed by atoms with E-state index in [1.54, 1.807) is 11.8 Å². The van der Waals surface area contributed by atoms with Gasteiger partial charge in [0.15, 0.2) is 9.84 Å². The number of carbonyl (C=O) groups excluding carboxylic acids is 1. The summed E-state index contributed by atoms with van der Waals surface area (Å²) >= 11 is 1.59. The van der Waals surface area contributed by atoms with Crippen molar-refractivity contribution in [3.63, 3.8) is 0 Å². The second-order valence-corrected chi connectivity index (χ2v) is 11.8. The smallest absolute Gasteiger partial charge is 0.219 e. The van der Waals surface area contributed by atoms with Crippen molar-refractivity contribution in [1.82, 2.24) is 9.97 Å². The highest BCUT2D eigenvalue weighted by atomic mass is 32.2. The summed E-state index contributed by atoms with van der Waals surface area (Å²) in [5.74, 6) is 1.44. The molecule has 3 aromatic rings. The second-order valence-electron chi connectivity index (χ2n) is 8.49. The molecule has 9 nitrogen and oxygen atoms in total. The largest absolute Gasteiger partial charge is 0.488 e. The van der Waals surface area contributed by atoms with Crippen molar-refractivity contribution in [3.05, 3.63) is 42.2 Å². The van der Waals surface area contributed by atoms with Crippen molar-refractivity contribution in [1.29, 1.82) is 0 Å². The number of ether oxygens (including phenoxy) is 3. The fraction of sp³-hybridized carbons (Fsp3) is 0.375. The maximum absolute atomic E-state index is 11.7. The van der Waals surface area contributed by atoms with Crippen molar-refractivity contribution in [2.45, 2.75) is 35.5 Å². The molecule has 1 unspecified atom stereocenters. The quantitative estimate of drug-likeness (QED) is 0.450. The van der Waals surface area contributed by atoms with Crippen molar-refractivity contribution < 1.29 is 27.4 Å². The summed E-state index contributed by atoms with van der Waals surface area (Å²) in [4.78, 5) is 23.2. The molecule has 2 aliphatic rings. The zero-order valence-electron chi connectivity index (χ0n) is 19.1. The van der Waals surface area contributed by atoms with Crippen LogP contribution in [0, 0.1) is 0 Å². The number of thioether (sulfide) groups is 1. The Labute approximate surface area is 207 Å². The van der Waals surface area contributed by atoms with Crippen LogP contribution in [0.3, 0.4) is 0 Å². The van der Waals surface area contributed by atoms with Gasteiger partial charge in [0.05, 0.1) is 35.9 Å². The molecule has 1 atom stereocenters. The number of pyridine rings is 1. The number of aldehydes is 1. The molecule has 0 aliphatic carbocycles. The molecule has 0 radical (unpaired) electrons. The van der Waals surface area contributed by atoms with Gasteiger partial charge in [-0.05, 0) is 18.2 Å². The SMILES string of the molecule is CS(=O)(=O)c1ccc(Oc2cc(OC3CCOCC3)c3[nH]c(C4=NCC(CC=O)S4)cc3c2)nc1. The van der Waals surface area contributed by atoms with E-state index in [1.807, 2.05) is 18.2 Å². The summed E-state index contributed by atoms with van der Waals surface area (Å²) in [7, 11) is -3.34. The lowest BCUT2D eigenvalue weighted by Crippen LogP contribution is -2.25. The van der Waals surface area contributed by atoms with Gasteiger partial charge in [-0.25, -0.2) is 13.4 Å². The number of aliphatic imine (C=N–C) groups is 1. The molecule has 11 heteroatoms. The van der Waals surface area contributed by atoms with Crippen molar-refractivity contribution in [2.24, 2.45) is 4.99 Å². The molecule has 1 N–H and O–H groups in total. The zero-order chi connectivity index (χ0) is 24.4. The van der Waals surface area contributed by atoms with E-state index < -0.39 is 9.84 Å². The van der Waals surface area contributed by atoms with Gasteiger partial charge < -0.3 is 24.0 Å². The third kappa shape index (κ3) is 5.52. The number of aromatic nitrogens is 2. The van der Waals surface area contributed by atoms with Gasteiger partial charge in [0.1, 0.15) is 28.9 Å². The van der Waals surface area contributed by atoms with Gasteiger partial charge in [-0.3, -0.25) is 4.99 Å². The molecule has 1 fully saturated rings. The lowest BCUT2D eigenvalue weighted by atomic mass is 10.1. The van der Waals surface area contributed by atoms with Gasteiger partial charge in [0.2, 0.25) is 5.88 Å². The van der Waals surface area contributed by atoms with Crippen LogP contribution in [0.4, 0.5) is 0 Å². The number of fused-ring (bicyclic) bond motifs is 1. The van der Waals surface area contributed by atoms with E-state index in [0.29, 0.717) is 37.7 Å². The Morgan fingerprint density at radius 1 is 1.23 bits per heavy atom. The molecule has 0 spiro atoms. The third-order valence-corrected chi connectivity index (χ3v) is 8.14. The topological polar surface area (TPSA) is 120 Å². The van der Waals surface area contributed by atoms with Gasteiger partial charge in [0, 0.05) is 54.5 Å². The fourth-order valence-corrected chi connectivity index (χ4v) is 5.57. The number of nitrogens with one attached hydrogen (secondary N) is 1. The summed E-state index contributed by atoms with van der Waals surface area (Å²) in [5, 5.41) is 1.91. The van der Waals surface area contributed by atoms with E-state index in [0.717, 1.165) is 47.0 Å². The number of carbonyl (C=O) groups is 1. The average Bonchev–Trinajstić information content (AvgIpc) is 3.47. The van der Waals surface area contributed by atoms with Crippen LogP contribution in [0.2, 0.25) is 0 Å². The standard InChI is InChI=1S/C24H25N3O6S2/c1-35(29,30)19-2-3-22(25-14-19)33-17-10-15-11-20(24-26-13-18(34-24)4-7-28)27-23(15)21(12-17)32-16-5-8-31-9-6-16/h2-3,7,10-12,14,16,18,27H,4-6,8-9,13H2,1H3. The van der Waals surface area contributed by atoms with Crippen molar-refractivity contribution in [2.75, 3.05) is 26.0 Å². The fourth-order valence-electron chi connectivity index (χ4n) is 3.99. The monoisotopic (exact) mass is 515 g/mol. The van der Waals surface area contributed by atoms with Gasteiger partial charge in [-0.2, -0.15) is 0 Å². The van der Waals surface area contributed by atoms with Crippen LogP contribution in [0.25, 0.3) is 10.9 Å². The highest BCUT2D eigenvalue weighted by Crippen LogP contribution is 2.37. The molecule has 4 heterocycles. The Morgan fingerprint density at radius 3 is 2.77 bits per heavy atom. The number of rotatable bonds is 8. The first kappa shape index (κ1) is 23.8. The molecule has 0 bridgehead atoms. The highest BCUT2D eigenvalue weighted by Gasteiger charge is 2.24. The summed E-state index contributed by atoms with van der Waals surface area (Å²) in [6.45, 7) is 1.92. The maximum Gasteiger partial charge on any atom is 0.219 e. The zero-order valence-corrected chi connectivity index (χ0v) is 20.7. The van der Waals surface area contributed by atoms with Gasteiger partial charge in [0.25, 0.3) is 0 Å². The molecule has 0 amide bonds. The van der Waals surface area contributed by atoms with Crippen LogP contribution >= 0.6 is 11.8 Å². The Hall–Kier alpha value is -2.89. The molecule has 0 saturated carbocycles. The summed E-state index contributed by atoms with van der Waals surface area (Å²) < 4.78 is 41.2. The molecule has 5 rings (SSSR count). The second kappa shape index (κ2) is 10.00. The lowest BCUT2D eigenvalue weighted by Gasteiger charge is -2.23. The molecule has 2 aliphatic heterocycles. The maximum atomic E-state index is 11.7. The van der Waals surface area contributed by atoms with E-state index in [1.165, 1.54) is 18.3 Å². The molecule has 1 aromatic carbocycles. The molecule has 2 aromatic heterocycles. The first-order chi connectivity index (χ1) is 16.9. The minimum absolute atomic E-state index is 0.0243. The number of hydrogen-bond donors (Lipinski definition) is 1. The Balaban J connectivity index is 1.46. The molecule has 35 heavy (non-hydrogen) atoms. The van der Waals surface area contributed by atoms with Gasteiger partial charge in [-0.1, -0.05) is 11.8 Å². The van der Waals surface area contributed by atoms with Crippen LogP contribution in [-0.2, 0) is 19.4 Å². The van der Waals surface area contributed by atoms with Crippen LogP contribution in [0.5, 0.6) is 17.4 Å². The minimum atomic E-state index is -3.34. The summed E-state index contributed by atoms with van der Waals surface area (Å²) in [6.07, 6.45) is 5.43. The molecular formula is C24H25N3O6S2. The Kier molecular flexibility index (Phi) is 6.81. The first-order valence-corrected chi connectivity index (χ1v) is 14.1. The summed E-state index contributed by atoms with van der Waals surface area (Å²) in [6, 6.07) is 8.67. The number of benzene rings is 1. The number of sulfone groups is 1. The molecule has 1 saturated heterocycles. The van der Waals surface area contributed by atoms with Crippen LogP contribution in [0.15, 0.2) is 46.4 Å². The van der Waals surface area contributed by atoms with Crippen molar-refractivity contribution >= 4 is 43.8 Å². The van der Waals surface area contributed by atoms with Crippen LogP contribution in [0.1, 0.15) is 25.0 Å². The predicted octanol–water partition coefficient (Wildman–Crippen LogP) is 3.77. The minimum Gasteiger partial charge on any atom is -0.488 e. The van der Waals surface area contributed by atoms with E-state index in [4.69, 9.17) is 14.2 Å². The normalized spacial score (nSPS) is 19.0. The number of H-pyrrole nitrogens is 1. The van der Waals surface area contributed by atoms with E-state index in [-0.39, 0.29) is 22.1 Å². The number of aromatic amines is 1. The van der Waals surface area contributed by atoms with E-state index >= 15 is 0 Å². The average molecular weight is 516 g/mol. The highest BCUT2D eigenvalue weighted by molar-refractivity contribution is 8.15. The Bertz CT molecular complexity index is 1360. The summed E-state index contributed by atoms with van der Waals surface area (Å²) in [5.41, 5.74) is 1.70. The molecular weight excluding hydrogens is 490 g/mol. The number of nitrogens with zero attached hydrogens (tertiary/aromatic N) is 2. The van der Waals surface area contributed by atoms with Crippen LogP contribution < -0.4 is 9.47 Å². The Morgan fingerprint density at radius 2 is 2.06 bits per heavy atom. The third-order valence-electron chi connectivity index (χ3n) is 5.79. The van der Waals surface area contributed by atoms with Gasteiger partial charge >= 0.3 is 0 Å². The van der Waals surface area contributed by atoms with Gasteiger partial charge in [-0.15, -0.1) is 0 Å². The van der Waals surface area contributed by atoms with Crippen molar-refractivity contribution in [3.8, 4) is 17.4 Å². The first-order valence-electron chi connectivity index (χ1n) is 11.3. The number of hydrogen-bond acceptors (Lipinski definition) is 9. The predicted molar refractivity (Wildman–Crippen MR) is 134 cm³/mol. The molecule has 184 valence electrons. The van der Waals surface area contributed by atoms with E-state index in [9.17, 15) is 13.2 Å². The van der Waals surface area contributed by atoms with E-state index in [2.05, 4.69) is 15.0 Å².